The fraction of sp³-hybridized carbons (Fsp3) is 0.444. The van der Waals surface area contributed by atoms with Crippen molar-refractivity contribution in [2.75, 3.05) is 11.5 Å². The van der Waals surface area contributed by atoms with Crippen molar-refractivity contribution in [3.05, 3.63) is 30.6 Å². The third kappa shape index (κ3) is 5.49. The first-order chi connectivity index (χ1) is 6.00. The van der Waals surface area contributed by atoms with Crippen LogP contribution in [0.3, 0.4) is 0 Å². The van der Waals surface area contributed by atoms with E-state index in [2.05, 4.69) is 4.98 Å². The fourth-order valence-electron chi connectivity index (χ4n) is 0.752. The van der Waals surface area contributed by atoms with Gasteiger partial charge in [0.25, 0.3) is 0 Å². The van der Waals surface area contributed by atoms with Gasteiger partial charge >= 0.3 is 0 Å². The molecule has 0 radical (unpaired) electrons. The van der Waals surface area contributed by atoms with Crippen molar-refractivity contribution in [2.45, 2.75) is 12.8 Å². The van der Waals surface area contributed by atoms with Gasteiger partial charge in [0.15, 0.2) is 0 Å². The Morgan fingerprint density at radius 1 is 0.833 bits per heavy atom. The van der Waals surface area contributed by atoms with Crippen molar-refractivity contribution in [1.29, 1.82) is 0 Å². The predicted octanol–water partition coefficient (Wildman–Crippen LogP) is 3.24. The third-order valence-electron chi connectivity index (χ3n) is 1.36. The summed E-state index contributed by atoms with van der Waals surface area (Å²) < 4.78 is 0. The molecule has 2 rings (SSSR count). The first kappa shape index (κ1) is 9.93. The van der Waals surface area contributed by atoms with Crippen LogP contribution in [0.5, 0.6) is 0 Å². The number of rotatable bonds is 0. The smallest absolute Gasteiger partial charge is 0.0267 e. The lowest BCUT2D eigenvalue weighted by molar-refractivity contribution is 0.906. The molecule has 1 aromatic rings. The average molecular weight is 199 g/mol. The second-order valence-electron chi connectivity index (χ2n) is 2.38. The molecule has 0 amide bonds. The topological polar surface area (TPSA) is 12.9 Å². The van der Waals surface area contributed by atoms with Crippen molar-refractivity contribution in [3.8, 4) is 0 Å². The largest absolute Gasteiger partial charge is 0.265 e. The van der Waals surface area contributed by atoms with E-state index in [9.17, 15) is 0 Å². The van der Waals surface area contributed by atoms with Crippen LogP contribution in [0, 0.1) is 0 Å². The average Bonchev–Trinajstić information content (AvgIpc) is 2.24. The van der Waals surface area contributed by atoms with Gasteiger partial charge in [-0.3, -0.25) is 4.98 Å². The van der Waals surface area contributed by atoms with Gasteiger partial charge in [0.05, 0.1) is 0 Å². The summed E-state index contributed by atoms with van der Waals surface area (Å²) in [6.07, 6.45) is 6.38. The molecule has 0 atom stereocenters. The summed E-state index contributed by atoms with van der Waals surface area (Å²) in [6.45, 7) is 0. The Hall–Kier alpha value is -0.150. The molecule has 1 aromatic heterocycles. The Labute approximate surface area is 81.8 Å². The van der Waals surface area contributed by atoms with E-state index >= 15 is 0 Å². The summed E-state index contributed by atoms with van der Waals surface area (Å²) >= 11 is 0. The van der Waals surface area contributed by atoms with Gasteiger partial charge in [-0.15, -0.1) is 0 Å². The molecule has 1 nitrogen and oxygen atoms in total. The summed E-state index contributed by atoms with van der Waals surface area (Å²) in [6, 6.07) is 5.72. The molecular formula is C9H13NS2. The highest BCUT2D eigenvalue weighted by Crippen LogP contribution is 2.28. The Morgan fingerprint density at radius 2 is 1.42 bits per heavy atom. The summed E-state index contributed by atoms with van der Waals surface area (Å²) in [5, 5.41) is 0. The molecule has 1 fully saturated rings. The highest BCUT2D eigenvalue weighted by Gasteiger charge is 1.96. The molecule has 0 aromatic carbocycles. The first-order valence-corrected chi connectivity index (χ1v) is 6.58. The molecule has 2 heterocycles. The predicted molar refractivity (Wildman–Crippen MR) is 58.4 cm³/mol. The maximum atomic E-state index is 3.78. The molecule has 1 saturated heterocycles. The van der Waals surface area contributed by atoms with Crippen LogP contribution < -0.4 is 0 Å². The normalized spacial score (nSPS) is 16.0. The Bertz CT molecular complexity index is 137. The molecule has 3 heteroatoms. The van der Waals surface area contributed by atoms with Gasteiger partial charge in [0, 0.05) is 23.9 Å². The van der Waals surface area contributed by atoms with Gasteiger partial charge in [0.2, 0.25) is 0 Å². The van der Waals surface area contributed by atoms with Crippen LogP contribution in [-0.4, -0.2) is 16.5 Å². The van der Waals surface area contributed by atoms with Crippen molar-refractivity contribution in [3.63, 3.8) is 0 Å². The SMILES string of the molecule is C1CCSSC1.c1ccncc1. The number of aromatic nitrogens is 1. The highest BCUT2D eigenvalue weighted by molar-refractivity contribution is 8.76. The zero-order valence-corrected chi connectivity index (χ0v) is 8.61. The number of hydrogen-bond acceptors (Lipinski definition) is 3. The van der Waals surface area contributed by atoms with Gasteiger partial charge in [0.1, 0.15) is 0 Å². The van der Waals surface area contributed by atoms with Crippen molar-refractivity contribution in [1.82, 2.24) is 4.98 Å². The van der Waals surface area contributed by atoms with Gasteiger partial charge in [-0.1, -0.05) is 27.7 Å². The Kier molecular flexibility index (Phi) is 6.21. The lowest BCUT2D eigenvalue weighted by atomic mass is 10.4. The third-order valence-corrected chi connectivity index (χ3v) is 3.93. The molecule has 66 valence electrons. The van der Waals surface area contributed by atoms with Crippen molar-refractivity contribution < 1.29 is 0 Å². The quantitative estimate of drug-likeness (QED) is 0.595. The zero-order valence-electron chi connectivity index (χ0n) is 6.98. The van der Waals surface area contributed by atoms with E-state index in [0.717, 1.165) is 0 Å². The second-order valence-corrected chi connectivity index (χ2v) is 5.08. The van der Waals surface area contributed by atoms with E-state index in [4.69, 9.17) is 0 Å². The summed E-state index contributed by atoms with van der Waals surface area (Å²) in [7, 11) is 4.02. The molecule has 0 bridgehead atoms. The van der Waals surface area contributed by atoms with Gasteiger partial charge in [-0.2, -0.15) is 0 Å². The summed E-state index contributed by atoms with van der Waals surface area (Å²) in [5.74, 6) is 2.76. The van der Waals surface area contributed by atoms with Crippen LogP contribution in [0.4, 0.5) is 0 Å². The Morgan fingerprint density at radius 3 is 1.58 bits per heavy atom. The van der Waals surface area contributed by atoms with E-state index in [1.807, 2.05) is 39.8 Å². The monoisotopic (exact) mass is 199 g/mol. The van der Waals surface area contributed by atoms with Crippen molar-refractivity contribution in [2.24, 2.45) is 0 Å². The molecular weight excluding hydrogens is 186 g/mol. The van der Waals surface area contributed by atoms with E-state index in [0.29, 0.717) is 0 Å². The highest BCUT2D eigenvalue weighted by atomic mass is 33.1. The summed E-state index contributed by atoms with van der Waals surface area (Å²) in [5.41, 5.74) is 0. The van der Waals surface area contributed by atoms with Crippen LogP contribution in [0.2, 0.25) is 0 Å². The van der Waals surface area contributed by atoms with Gasteiger partial charge < -0.3 is 0 Å². The van der Waals surface area contributed by atoms with Crippen LogP contribution in [0.25, 0.3) is 0 Å². The van der Waals surface area contributed by atoms with Crippen LogP contribution >= 0.6 is 21.6 Å². The lowest BCUT2D eigenvalue weighted by Gasteiger charge is -2.04. The van der Waals surface area contributed by atoms with Gasteiger partial charge in [-0.25, -0.2) is 0 Å². The standard InChI is InChI=1S/C5H5N.C4H8S2/c2*1-2-4-6-5-3-1/h1-5H;1-4H2. The fourth-order valence-corrected chi connectivity index (χ4v) is 3.05. The number of hydrogen-bond donors (Lipinski definition) is 0. The minimum absolute atomic E-state index is 1.38. The van der Waals surface area contributed by atoms with E-state index in [-0.39, 0.29) is 0 Å². The minimum atomic E-state index is 1.38. The molecule has 0 N–H and O–H groups in total. The van der Waals surface area contributed by atoms with Crippen molar-refractivity contribution >= 4 is 21.6 Å². The molecule has 1 aliphatic rings. The molecule has 1 aliphatic heterocycles. The molecule has 0 spiro atoms. The molecule has 0 unspecified atom stereocenters. The minimum Gasteiger partial charge on any atom is -0.265 e. The maximum Gasteiger partial charge on any atom is 0.0267 e. The van der Waals surface area contributed by atoms with E-state index < -0.39 is 0 Å². The van der Waals surface area contributed by atoms with Crippen LogP contribution in [-0.2, 0) is 0 Å². The maximum absolute atomic E-state index is 3.78. The van der Waals surface area contributed by atoms with Crippen LogP contribution in [0.15, 0.2) is 30.6 Å². The molecule has 12 heavy (non-hydrogen) atoms. The van der Waals surface area contributed by atoms with Crippen LogP contribution in [0.1, 0.15) is 12.8 Å². The molecule has 0 saturated carbocycles. The molecule has 0 aliphatic carbocycles. The second kappa shape index (κ2) is 7.50. The van der Waals surface area contributed by atoms with Gasteiger partial charge in [-0.05, 0) is 25.0 Å². The lowest BCUT2D eigenvalue weighted by Crippen LogP contribution is -1.86. The number of nitrogens with zero attached hydrogens (tertiary/aromatic N) is 1. The Balaban J connectivity index is 0.000000120. The first-order valence-electron chi connectivity index (χ1n) is 4.09. The van der Waals surface area contributed by atoms with E-state index in [1.165, 1.54) is 24.3 Å². The van der Waals surface area contributed by atoms with E-state index in [1.54, 1.807) is 12.4 Å². The number of pyridine rings is 1. The summed E-state index contributed by atoms with van der Waals surface area (Å²) in [4.78, 5) is 3.78. The zero-order chi connectivity index (χ0) is 8.49.